The number of hydrogen-bond donors (Lipinski definition) is 1. The van der Waals surface area contributed by atoms with Crippen molar-refractivity contribution in [1.29, 1.82) is 5.26 Å². The Kier molecular flexibility index (Phi) is 3.13. The van der Waals surface area contributed by atoms with Crippen molar-refractivity contribution in [2.45, 2.75) is 31.4 Å². The summed E-state index contributed by atoms with van der Waals surface area (Å²) in [6.07, 6.45) is 3.43. The molecule has 0 spiro atoms. The monoisotopic (exact) mass is 273 g/mol. The maximum Gasteiger partial charge on any atom is 0.178 e. The highest BCUT2D eigenvalue weighted by Crippen LogP contribution is 2.34. The molecule has 0 amide bonds. The average molecular weight is 273 g/mol. The highest BCUT2D eigenvalue weighted by molar-refractivity contribution is 7.71. The lowest BCUT2D eigenvalue weighted by Gasteiger charge is -2.13. The largest absolute Gasteiger partial charge is 0.381 e. The van der Waals surface area contributed by atoms with Gasteiger partial charge in [-0.2, -0.15) is 5.26 Å². The van der Waals surface area contributed by atoms with Crippen LogP contribution >= 0.6 is 12.2 Å². The van der Waals surface area contributed by atoms with Gasteiger partial charge in [0.2, 0.25) is 0 Å². The minimum absolute atomic E-state index is 0.316. The summed E-state index contributed by atoms with van der Waals surface area (Å²) < 4.78 is 8.26. The number of fused-ring (bicyclic) bond motifs is 1. The van der Waals surface area contributed by atoms with Crippen LogP contribution in [0.3, 0.4) is 0 Å². The fraction of sp³-hybridized carbons (Fsp3) is 0.429. The molecule has 3 rings (SSSR count). The van der Waals surface area contributed by atoms with E-state index in [0.717, 1.165) is 30.3 Å². The van der Waals surface area contributed by atoms with Gasteiger partial charge in [-0.15, -0.1) is 0 Å². The topological polar surface area (TPSA) is 53.7 Å². The van der Waals surface area contributed by atoms with Crippen LogP contribution in [0.2, 0.25) is 0 Å². The molecule has 2 aromatic rings. The number of benzene rings is 1. The summed E-state index contributed by atoms with van der Waals surface area (Å²) in [5.41, 5.74) is 2.50. The van der Waals surface area contributed by atoms with Gasteiger partial charge in [-0.25, -0.2) is 0 Å². The molecule has 2 atom stereocenters. The van der Waals surface area contributed by atoms with Crippen molar-refractivity contribution in [3.05, 3.63) is 28.5 Å². The molecule has 0 bridgehead atoms. The van der Waals surface area contributed by atoms with Crippen molar-refractivity contribution in [2.75, 3.05) is 7.11 Å². The maximum absolute atomic E-state index is 9.15. The second kappa shape index (κ2) is 4.80. The summed E-state index contributed by atoms with van der Waals surface area (Å²) in [5, 5.41) is 9.15. The van der Waals surface area contributed by atoms with Crippen molar-refractivity contribution >= 4 is 23.3 Å². The lowest BCUT2D eigenvalue weighted by molar-refractivity contribution is 0.106. The fourth-order valence-corrected chi connectivity index (χ4v) is 3.32. The van der Waals surface area contributed by atoms with E-state index in [2.05, 4.69) is 15.6 Å². The van der Waals surface area contributed by atoms with Crippen molar-refractivity contribution < 1.29 is 4.74 Å². The third-order valence-corrected chi connectivity index (χ3v) is 4.23. The van der Waals surface area contributed by atoms with Crippen molar-refractivity contribution in [1.82, 2.24) is 9.55 Å². The number of methoxy groups -OCH3 is 1. The minimum atomic E-state index is 0.316. The number of para-hydroxylation sites is 1. The standard InChI is InChI=1S/C14H15N3OS/c1-18-11-6-5-10(7-11)17-12-4-2-3-9(8-15)13(12)16-14(17)19/h2-4,10-11H,5-7H2,1H3,(H,16,19). The molecule has 0 saturated heterocycles. The second-order valence-electron chi connectivity index (χ2n) is 4.94. The third-order valence-electron chi connectivity index (χ3n) is 3.93. The number of H-pyrrole nitrogens is 1. The normalized spacial score (nSPS) is 22.7. The quantitative estimate of drug-likeness (QED) is 0.854. The van der Waals surface area contributed by atoms with Crippen LogP contribution in [0.1, 0.15) is 30.9 Å². The average Bonchev–Trinajstić information content (AvgIpc) is 3.00. The molecule has 0 aliphatic heterocycles. The van der Waals surface area contributed by atoms with Crippen LogP contribution in [0, 0.1) is 16.1 Å². The molecule has 2 unspecified atom stereocenters. The Labute approximate surface area is 116 Å². The molecule has 1 aromatic heterocycles. The van der Waals surface area contributed by atoms with Crippen LogP contribution in [-0.2, 0) is 4.74 Å². The van der Waals surface area contributed by atoms with E-state index >= 15 is 0 Å². The number of hydrogen-bond acceptors (Lipinski definition) is 3. The number of nitrogens with one attached hydrogen (secondary N) is 1. The lowest BCUT2D eigenvalue weighted by Crippen LogP contribution is -2.09. The first-order valence-electron chi connectivity index (χ1n) is 6.40. The van der Waals surface area contributed by atoms with Crippen LogP contribution < -0.4 is 0 Å². The smallest absolute Gasteiger partial charge is 0.178 e. The Morgan fingerprint density at radius 1 is 1.47 bits per heavy atom. The van der Waals surface area contributed by atoms with Crippen molar-refractivity contribution in [3.8, 4) is 6.07 Å². The molecule has 19 heavy (non-hydrogen) atoms. The van der Waals surface area contributed by atoms with Crippen LogP contribution in [0.25, 0.3) is 11.0 Å². The minimum Gasteiger partial charge on any atom is -0.381 e. The zero-order valence-electron chi connectivity index (χ0n) is 10.7. The molecule has 98 valence electrons. The van der Waals surface area contributed by atoms with Gasteiger partial charge in [0.15, 0.2) is 4.77 Å². The number of aromatic amines is 1. The predicted octanol–water partition coefficient (Wildman–Crippen LogP) is 3.31. The molecule has 1 fully saturated rings. The Morgan fingerprint density at radius 2 is 2.32 bits per heavy atom. The molecule has 1 heterocycles. The first kappa shape index (κ1) is 12.4. The van der Waals surface area contributed by atoms with E-state index < -0.39 is 0 Å². The highest BCUT2D eigenvalue weighted by atomic mass is 32.1. The number of rotatable bonds is 2. The first-order valence-corrected chi connectivity index (χ1v) is 6.81. The third kappa shape index (κ3) is 1.97. The molecule has 1 N–H and O–H groups in total. The summed E-state index contributed by atoms with van der Waals surface area (Å²) in [4.78, 5) is 3.17. The van der Waals surface area contributed by atoms with Crippen molar-refractivity contribution in [3.63, 3.8) is 0 Å². The van der Waals surface area contributed by atoms with Gasteiger partial charge in [-0.3, -0.25) is 0 Å². The maximum atomic E-state index is 9.15. The zero-order chi connectivity index (χ0) is 13.4. The summed E-state index contributed by atoms with van der Waals surface area (Å²) in [6, 6.07) is 8.30. The van der Waals surface area contributed by atoms with Crippen LogP contribution in [0.15, 0.2) is 18.2 Å². The molecule has 0 radical (unpaired) electrons. The zero-order valence-corrected chi connectivity index (χ0v) is 11.5. The van der Waals surface area contributed by atoms with Crippen LogP contribution in [-0.4, -0.2) is 22.8 Å². The van der Waals surface area contributed by atoms with E-state index in [0.29, 0.717) is 22.5 Å². The van der Waals surface area contributed by atoms with Gasteiger partial charge in [0.1, 0.15) is 6.07 Å². The number of nitriles is 1. The molecule has 4 nitrogen and oxygen atoms in total. The molecule has 1 aliphatic rings. The Morgan fingerprint density at radius 3 is 3.00 bits per heavy atom. The second-order valence-corrected chi connectivity index (χ2v) is 5.32. The summed E-state index contributed by atoms with van der Waals surface area (Å²) in [5.74, 6) is 0. The van der Waals surface area contributed by atoms with E-state index in [9.17, 15) is 0 Å². The molecule has 5 heteroatoms. The number of nitrogens with zero attached hydrogens (tertiary/aromatic N) is 2. The van der Waals surface area contributed by atoms with Gasteiger partial charge in [0.25, 0.3) is 0 Å². The predicted molar refractivity (Wildman–Crippen MR) is 75.5 cm³/mol. The van der Waals surface area contributed by atoms with Crippen LogP contribution in [0.5, 0.6) is 0 Å². The van der Waals surface area contributed by atoms with E-state index in [1.165, 1.54) is 0 Å². The highest BCUT2D eigenvalue weighted by Gasteiger charge is 2.27. The molecular formula is C14H15N3OS. The van der Waals surface area contributed by atoms with Gasteiger partial charge in [0.05, 0.1) is 22.7 Å². The Bertz CT molecular complexity index is 710. The van der Waals surface area contributed by atoms with Gasteiger partial charge < -0.3 is 14.3 Å². The Balaban J connectivity index is 2.13. The van der Waals surface area contributed by atoms with Gasteiger partial charge in [-0.1, -0.05) is 6.07 Å². The molecular weight excluding hydrogens is 258 g/mol. The molecule has 1 aromatic carbocycles. The fourth-order valence-electron chi connectivity index (χ4n) is 2.97. The van der Waals surface area contributed by atoms with E-state index in [1.54, 1.807) is 7.11 Å². The number of aromatic nitrogens is 2. The Hall–Kier alpha value is -1.64. The van der Waals surface area contributed by atoms with Crippen molar-refractivity contribution in [2.24, 2.45) is 0 Å². The number of ether oxygens (including phenoxy) is 1. The van der Waals surface area contributed by atoms with Crippen LogP contribution in [0.4, 0.5) is 0 Å². The summed E-state index contributed by atoms with van der Waals surface area (Å²) in [6.45, 7) is 0. The SMILES string of the molecule is COC1CCC(n2c(=S)[nH]c3c(C#N)cccc32)C1. The van der Waals surface area contributed by atoms with E-state index in [-0.39, 0.29) is 0 Å². The lowest BCUT2D eigenvalue weighted by atomic mass is 10.2. The number of imidazole rings is 1. The summed E-state index contributed by atoms with van der Waals surface area (Å²) >= 11 is 5.43. The molecule has 1 aliphatic carbocycles. The first-order chi connectivity index (χ1) is 9.24. The van der Waals surface area contributed by atoms with E-state index in [4.69, 9.17) is 22.2 Å². The molecule has 1 saturated carbocycles. The summed E-state index contributed by atoms with van der Waals surface area (Å²) in [7, 11) is 1.76. The van der Waals surface area contributed by atoms with Gasteiger partial charge in [0, 0.05) is 13.2 Å². The van der Waals surface area contributed by atoms with Gasteiger partial charge in [-0.05, 0) is 43.6 Å². The van der Waals surface area contributed by atoms with E-state index in [1.807, 2.05) is 18.2 Å². The van der Waals surface area contributed by atoms with Gasteiger partial charge >= 0.3 is 0 Å².